The summed E-state index contributed by atoms with van der Waals surface area (Å²) in [5.41, 5.74) is 0. The second kappa shape index (κ2) is 10.6. The van der Waals surface area contributed by atoms with Crippen LogP contribution in [0.2, 0.25) is 5.02 Å². The van der Waals surface area contributed by atoms with E-state index in [2.05, 4.69) is 5.32 Å². The monoisotopic (exact) mass is 470 g/mol. The average Bonchev–Trinajstić information content (AvgIpc) is 2.78. The molecule has 2 amide bonds. The van der Waals surface area contributed by atoms with E-state index in [9.17, 15) is 22.8 Å². The number of carbonyl (C=O) groups is 3. The number of carbonyl (C=O) groups excluding carboxylic acids is 3. The number of nitrogens with one attached hydrogen (secondary N) is 1. The van der Waals surface area contributed by atoms with E-state index in [1.807, 2.05) is 0 Å². The fourth-order valence-corrected chi connectivity index (χ4v) is 5.65. The fourth-order valence-electron chi connectivity index (χ4n) is 4.00. The number of nitrogens with zero attached hydrogens (tertiary/aromatic N) is 1. The Morgan fingerprint density at radius 1 is 1.00 bits per heavy atom. The molecule has 1 atom stereocenters. The fraction of sp³-hybridized carbons (Fsp3) is 0.571. The third-order valence-corrected chi connectivity index (χ3v) is 7.88. The summed E-state index contributed by atoms with van der Waals surface area (Å²) in [7, 11) is -3.76. The quantitative estimate of drug-likeness (QED) is 0.639. The number of hydrogen-bond donors (Lipinski definition) is 1. The van der Waals surface area contributed by atoms with E-state index in [1.165, 1.54) is 28.6 Å². The summed E-state index contributed by atoms with van der Waals surface area (Å²) in [6.07, 6.45) is 5.53. The number of imide groups is 1. The van der Waals surface area contributed by atoms with Gasteiger partial charge >= 0.3 is 5.97 Å². The molecule has 8 nitrogen and oxygen atoms in total. The molecule has 170 valence electrons. The maximum Gasteiger partial charge on any atom is 0.310 e. The van der Waals surface area contributed by atoms with Gasteiger partial charge in [0.05, 0.1) is 10.8 Å². The molecule has 2 fully saturated rings. The summed E-state index contributed by atoms with van der Waals surface area (Å²) in [5, 5.41) is 2.72. The van der Waals surface area contributed by atoms with Crippen LogP contribution in [0.4, 0.5) is 0 Å². The summed E-state index contributed by atoms with van der Waals surface area (Å²) >= 11 is 5.82. The zero-order valence-electron chi connectivity index (χ0n) is 17.2. The molecule has 1 aliphatic heterocycles. The number of hydrogen-bond acceptors (Lipinski definition) is 6. The van der Waals surface area contributed by atoms with Gasteiger partial charge in [-0.05, 0) is 49.9 Å². The molecule has 3 rings (SSSR count). The van der Waals surface area contributed by atoms with E-state index < -0.39 is 34.4 Å². The number of esters is 1. The Kier molecular flexibility index (Phi) is 8.07. The van der Waals surface area contributed by atoms with E-state index in [1.54, 1.807) is 0 Å². The van der Waals surface area contributed by atoms with Crippen molar-refractivity contribution in [2.24, 2.45) is 11.8 Å². The minimum atomic E-state index is -3.76. The van der Waals surface area contributed by atoms with Gasteiger partial charge in [-0.15, -0.1) is 0 Å². The van der Waals surface area contributed by atoms with Gasteiger partial charge in [-0.2, -0.15) is 4.31 Å². The van der Waals surface area contributed by atoms with Crippen molar-refractivity contribution in [3.05, 3.63) is 29.3 Å². The van der Waals surface area contributed by atoms with Crippen LogP contribution < -0.4 is 5.32 Å². The number of ether oxygens (including phenoxy) is 1. The topological polar surface area (TPSA) is 110 Å². The molecule has 1 unspecified atom stereocenters. The third-order valence-electron chi connectivity index (χ3n) is 5.75. The van der Waals surface area contributed by atoms with E-state index in [-0.39, 0.29) is 23.3 Å². The average molecular weight is 471 g/mol. The molecule has 0 spiro atoms. The molecule has 1 heterocycles. The van der Waals surface area contributed by atoms with Crippen LogP contribution >= 0.6 is 11.6 Å². The maximum atomic E-state index is 12.8. The lowest BCUT2D eigenvalue weighted by atomic mass is 9.89. The van der Waals surface area contributed by atoms with Crippen molar-refractivity contribution in [1.29, 1.82) is 0 Å². The summed E-state index contributed by atoms with van der Waals surface area (Å²) < 4.78 is 32.0. The predicted molar refractivity (Wildman–Crippen MR) is 114 cm³/mol. The molecule has 1 aromatic carbocycles. The zero-order valence-corrected chi connectivity index (χ0v) is 18.8. The highest BCUT2D eigenvalue weighted by Gasteiger charge is 2.34. The molecule has 1 saturated carbocycles. The molecule has 1 aliphatic carbocycles. The van der Waals surface area contributed by atoms with Gasteiger partial charge in [-0.1, -0.05) is 30.9 Å². The molecule has 1 aromatic rings. The normalized spacial score (nSPS) is 20.7. The predicted octanol–water partition coefficient (Wildman–Crippen LogP) is 2.51. The first-order valence-electron chi connectivity index (χ1n) is 10.5. The Morgan fingerprint density at radius 3 is 2.32 bits per heavy atom. The van der Waals surface area contributed by atoms with Crippen LogP contribution in [0.15, 0.2) is 29.2 Å². The van der Waals surface area contributed by atoms with Crippen LogP contribution in [-0.4, -0.2) is 50.2 Å². The largest absolute Gasteiger partial charge is 0.455 e. The van der Waals surface area contributed by atoms with Crippen LogP contribution in [0, 0.1) is 11.8 Å². The van der Waals surface area contributed by atoms with E-state index in [0.717, 1.165) is 32.1 Å². The molecule has 0 radical (unpaired) electrons. The molecule has 0 aromatic heterocycles. The molecule has 31 heavy (non-hydrogen) atoms. The number of amides is 2. The SMILES string of the molecule is O=C(COC(=O)C1CCCN(S(=O)(=O)c2ccc(Cl)cc2)C1)NC(=O)C1CCCCC1. The molecule has 0 bridgehead atoms. The lowest BCUT2D eigenvalue weighted by Gasteiger charge is -2.30. The highest BCUT2D eigenvalue weighted by molar-refractivity contribution is 7.89. The first-order valence-corrected chi connectivity index (χ1v) is 12.3. The van der Waals surface area contributed by atoms with Crippen molar-refractivity contribution < 1.29 is 27.5 Å². The van der Waals surface area contributed by atoms with E-state index in [0.29, 0.717) is 24.4 Å². The van der Waals surface area contributed by atoms with Crippen molar-refractivity contribution in [2.75, 3.05) is 19.7 Å². The van der Waals surface area contributed by atoms with Crippen LogP contribution in [0.3, 0.4) is 0 Å². The highest BCUT2D eigenvalue weighted by atomic mass is 35.5. The van der Waals surface area contributed by atoms with Gasteiger partial charge in [0.1, 0.15) is 0 Å². The number of rotatable bonds is 6. The van der Waals surface area contributed by atoms with Gasteiger partial charge in [0.15, 0.2) is 6.61 Å². The molecular weight excluding hydrogens is 444 g/mol. The van der Waals surface area contributed by atoms with Crippen LogP contribution in [0.1, 0.15) is 44.9 Å². The Hall–Kier alpha value is -1.97. The highest BCUT2D eigenvalue weighted by Crippen LogP contribution is 2.26. The number of sulfonamides is 1. The molecule has 10 heteroatoms. The number of piperidine rings is 1. The van der Waals surface area contributed by atoms with Crippen LogP contribution in [0.5, 0.6) is 0 Å². The summed E-state index contributed by atoms with van der Waals surface area (Å²) in [4.78, 5) is 36.6. The third kappa shape index (κ3) is 6.27. The van der Waals surface area contributed by atoms with Crippen molar-refractivity contribution in [2.45, 2.75) is 49.8 Å². The Morgan fingerprint density at radius 2 is 1.65 bits per heavy atom. The first-order chi connectivity index (χ1) is 14.8. The van der Waals surface area contributed by atoms with Crippen LogP contribution in [-0.2, 0) is 29.1 Å². The first kappa shape index (κ1) is 23.7. The zero-order chi connectivity index (χ0) is 22.4. The number of benzene rings is 1. The van der Waals surface area contributed by atoms with Gasteiger partial charge in [0, 0.05) is 24.0 Å². The minimum Gasteiger partial charge on any atom is -0.455 e. The van der Waals surface area contributed by atoms with Gasteiger partial charge in [-0.3, -0.25) is 19.7 Å². The Labute approximate surface area is 187 Å². The molecule has 2 aliphatic rings. The van der Waals surface area contributed by atoms with Crippen molar-refractivity contribution in [1.82, 2.24) is 9.62 Å². The van der Waals surface area contributed by atoms with E-state index >= 15 is 0 Å². The lowest BCUT2D eigenvalue weighted by molar-refractivity contribution is -0.154. The maximum absolute atomic E-state index is 12.8. The smallest absolute Gasteiger partial charge is 0.310 e. The van der Waals surface area contributed by atoms with Crippen LogP contribution in [0.25, 0.3) is 0 Å². The Bertz CT molecular complexity index is 912. The number of halogens is 1. The van der Waals surface area contributed by atoms with Gasteiger partial charge in [-0.25, -0.2) is 8.42 Å². The van der Waals surface area contributed by atoms with Crippen molar-refractivity contribution in [3.63, 3.8) is 0 Å². The summed E-state index contributed by atoms with van der Waals surface area (Å²) in [6.45, 7) is -0.282. The minimum absolute atomic E-state index is 0.0214. The van der Waals surface area contributed by atoms with E-state index in [4.69, 9.17) is 16.3 Å². The molecule has 1 saturated heterocycles. The second-order valence-electron chi connectivity index (χ2n) is 8.01. The molecular formula is C21H27ClN2O6S. The standard InChI is InChI=1S/C21H27ClN2O6S/c22-17-8-10-18(11-9-17)31(28,29)24-12-4-7-16(13-24)21(27)30-14-19(25)23-20(26)15-5-2-1-3-6-15/h8-11,15-16H,1-7,12-14H2,(H,23,25,26). The van der Waals surface area contributed by atoms with Gasteiger partial charge in [0.25, 0.3) is 5.91 Å². The summed E-state index contributed by atoms with van der Waals surface area (Å²) in [5.74, 6) is -2.46. The van der Waals surface area contributed by atoms with Crippen molar-refractivity contribution in [3.8, 4) is 0 Å². The van der Waals surface area contributed by atoms with Gasteiger partial charge in [0.2, 0.25) is 15.9 Å². The van der Waals surface area contributed by atoms with Crippen molar-refractivity contribution >= 4 is 39.4 Å². The lowest BCUT2D eigenvalue weighted by Crippen LogP contribution is -2.43. The molecule has 1 N–H and O–H groups in total. The second-order valence-corrected chi connectivity index (χ2v) is 10.4. The Balaban J connectivity index is 1.50. The van der Waals surface area contributed by atoms with Gasteiger partial charge < -0.3 is 4.74 Å². The summed E-state index contributed by atoms with van der Waals surface area (Å²) in [6, 6.07) is 5.84.